The summed E-state index contributed by atoms with van der Waals surface area (Å²) in [5, 5.41) is 3.92. The van der Waals surface area contributed by atoms with Crippen molar-refractivity contribution in [2.45, 2.75) is 13.0 Å². The number of carbonyl (C=O) groups is 1. The molecule has 1 unspecified atom stereocenters. The zero-order valence-corrected chi connectivity index (χ0v) is 11.4. The second kappa shape index (κ2) is 7.32. The lowest BCUT2D eigenvalue weighted by molar-refractivity contribution is -0.147. The molecule has 0 aromatic heterocycles. The lowest BCUT2D eigenvalue weighted by atomic mass is 10.2. The maximum absolute atomic E-state index is 11.2. The maximum atomic E-state index is 11.2. The van der Waals surface area contributed by atoms with Crippen molar-refractivity contribution in [2.75, 3.05) is 7.11 Å². The number of ether oxygens (including phenoxy) is 2. The van der Waals surface area contributed by atoms with Gasteiger partial charge in [-0.2, -0.15) is 5.10 Å². The Balaban J connectivity index is 2.59. The molecule has 7 heteroatoms. The molecule has 0 bridgehead atoms. The molecule has 1 atom stereocenters. The van der Waals surface area contributed by atoms with Gasteiger partial charge in [-0.25, -0.2) is 4.79 Å². The van der Waals surface area contributed by atoms with Gasteiger partial charge in [0.05, 0.1) is 13.3 Å². The number of esters is 1. The van der Waals surface area contributed by atoms with Crippen molar-refractivity contribution >= 4 is 29.5 Å². The maximum Gasteiger partial charge on any atom is 0.346 e. The van der Waals surface area contributed by atoms with Gasteiger partial charge < -0.3 is 15.2 Å². The number of hydrogen-bond acceptors (Lipinski definition) is 5. The van der Waals surface area contributed by atoms with Crippen molar-refractivity contribution < 1.29 is 14.3 Å². The lowest BCUT2D eigenvalue weighted by Crippen LogP contribution is -2.24. The van der Waals surface area contributed by atoms with Gasteiger partial charge in [-0.3, -0.25) is 5.43 Å². The third-order valence-corrected chi connectivity index (χ3v) is 2.21. The fourth-order valence-corrected chi connectivity index (χ4v) is 1.27. The number of hydrazone groups is 1. The summed E-state index contributed by atoms with van der Waals surface area (Å²) in [5.41, 5.74) is 8.50. The van der Waals surface area contributed by atoms with E-state index in [1.165, 1.54) is 7.11 Å². The second-order valence-electron chi connectivity index (χ2n) is 3.59. The number of carbonyl (C=O) groups excluding carboxylic acids is 1. The largest absolute Gasteiger partial charge is 0.479 e. The van der Waals surface area contributed by atoms with Crippen molar-refractivity contribution in [1.29, 1.82) is 0 Å². The molecule has 0 radical (unpaired) electrons. The molecule has 0 fully saturated rings. The summed E-state index contributed by atoms with van der Waals surface area (Å²) in [4.78, 5) is 11.2. The highest BCUT2D eigenvalue weighted by atomic mass is 32.1. The highest BCUT2D eigenvalue weighted by molar-refractivity contribution is 7.80. The Labute approximate surface area is 116 Å². The van der Waals surface area contributed by atoms with Gasteiger partial charge in [-0.05, 0) is 49.0 Å². The highest BCUT2D eigenvalue weighted by Crippen LogP contribution is 2.13. The van der Waals surface area contributed by atoms with Crippen LogP contribution in [0.5, 0.6) is 5.75 Å². The first kappa shape index (κ1) is 14.9. The van der Waals surface area contributed by atoms with Crippen molar-refractivity contribution in [3.05, 3.63) is 29.8 Å². The molecule has 19 heavy (non-hydrogen) atoms. The highest BCUT2D eigenvalue weighted by Gasteiger charge is 2.14. The summed E-state index contributed by atoms with van der Waals surface area (Å²) in [6.45, 7) is 1.62. The van der Waals surface area contributed by atoms with Gasteiger partial charge in [-0.1, -0.05) is 0 Å². The van der Waals surface area contributed by atoms with E-state index in [1.807, 2.05) is 0 Å². The van der Waals surface area contributed by atoms with Crippen molar-refractivity contribution in [1.82, 2.24) is 5.43 Å². The predicted molar refractivity (Wildman–Crippen MR) is 76.1 cm³/mol. The molecular formula is C12H15N3O3S. The molecule has 102 valence electrons. The van der Waals surface area contributed by atoms with Crippen LogP contribution in [0.1, 0.15) is 12.5 Å². The third kappa shape index (κ3) is 5.35. The normalized spacial score (nSPS) is 11.9. The molecular weight excluding hydrogens is 266 g/mol. The quantitative estimate of drug-likeness (QED) is 0.359. The summed E-state index contributed by atoms with van der Waals surface area (Å²) >= 11 is 4.60. The zero-order chi connectivity index (χ0) is 14.3. The van der Waals surface area contributed by atoms with Gasteiger partial charge in [-0.15, -0.1) is 0 Å². The number of thiocarbonyl (C=S) groups is 1. The van der Waals surface area contributed by atoms with Crippen LogP contribution in [0.25, 0.3) is 0 Å². The summed E-state index contributed by atoms with van der Waals surface area (Å²) in [7, 11) is 1.32. The van der Waals surface area contributed by atoms with E-state index in [-0.39, 0.29) is 5.11 Å². The van der Waals surface area contributed by atoms with Crippen LogP contribution in [0.4, 0.5) is 0 Å². The second-order valence-corrected chi connectivity index (χ2v) is 4.03. The molecule has 3 N–H and O–H groups in total. The Morgan fingerprint density at radius 2 is 2.11 bits per heavy atom. The Kier molecular flexibility index (Phi) is 5.74. The number of rotatable bonds is 5. The fraction of sp³-hybridized carbons (Fsp3) is 0.250. The first-order valence-electron chi connectivity index (χ1n) is 5.46. The molecule has 1 aromatic carbocycles. The van der Waals surface area contributed by atoms with E-state index >= 15 is 0 Å². The molecule has 0 aliphatic carbocycles. The molecule has 0 saturated carbocycles. The zero-order valence-electron chi connectivity index (χ0n) is 10.6. The summed E-state index contributed by atoms with van der Waals surface area (Å²) in [5.74, 6) is 0.142. The standard InChI is InChI=1S/C12H15N3O3S/c1-8(11(16)17-2)18-10-5-3-9(4-6-10)7-14-15-12(13)19/h3-8H,1-2H3,(H3,13,15,19). The molecule has 0 aliphatic rings. The van der Waals surface area contributed by atoms with E-state index < -0.39 is 12.1 Å². The Hall–Kier alpha value is -2.15. The van der Waals surface area contributed by atoms with Crippen LogP contribution in [0.15, 0.2) is 29.4 Å². The van der Waals surface area contributed by atoms with Gasteiger partial charge in [0.25, 0.3) is 0 Å². The first-order valence-corrected chi connectivity index (χ1v) is 5.87. The van der Waals surface area contributed by atoms with Crippen LogP contribution < -0.4 is 15.9 Å². The minimum absolute atomic E-state index is 0.100. The number of nitrogens with zero attached hydrogens (tertiary/aromatic N) is 1. The SMILES string of the molecule is COC(=O)C(C)Oc1ccc(C=NNC(N)=S)cc1. The van der Waals surface area contributed by atoms with Crippen LogP contribution in [-0.2, 0) is 9.53 Å². The Morgan fingerprint density at radius 1 is 1.47 bits per heavy atom. The predicted octanol–water partition coefficient (Wildman–Crippen LogP) is 0.794. The number of methoxy groups -OCH3 is 1. The number of hydrogen-bond donors (Lipinski definition) is 2. The smallest absolute Gasteiger partial charge is 0.346 e. The van der Waals surface area contributed by atoms with Crippen LogP contribution >= 0.6 is 12.2 Å². The van der Waals surface area contributed by atoms with Gasteiger partial charge in [0.15, 0.2) is 11.2 Å². The average Bonchev–Trinajstić information content (AvgIpc) is 2.39. The minimum atomic E-state index is -0.652. The number of nitrogens with two attached hydrogens (primary N) is 1. The molecule has 0 aliphatic heterocycles. The molecule has 0 spiro atoms. The molecule has 1 rings (SSSR count). The van der Waals surface area contributed by atoms with E-state index in [1.54, 1.807) is 37.4 Å². The monoisotopic (exact) mass is 281 g/mol. The lowest BCUT2D eigenvalue weighted by Gasteiger charge is -2.12. The number of benzene rings is 1. The molecule has 6 nitrogen and oxygen atoms in total. The van der Waals surface area contributed by atoms with Crippen LogP contribution in [0.2, 0.25) is 0 Å². The van der Waals surface area contributed by atoms with Gasteiger partial charge in [0.2, 0.25) is 0 Å². The Morgan fingerprint density at radius 3 is 2.63 bits per heavy atom. The van der Waals surface area contributed by atoms with Crippen molar-refractivity contribution in [2.24, 2.45) is 10.8 Å². The van der Waals surface area contributed by atoms with Crippen molar-refractivity contribution in [3.63, 3.8) is 0 Å². The van der Waals surface area contributed by atoms with E-state index in [0.29, 0.717) is 5.75 Å². The third-order valence-electron chi connectivity index (χ3n) is 2.11. The fourth-order valence-electron chi connectivity index (χ4n) is 1.22. The minimum Gasteiger partial charge on any atom is -0.479 e. The van der Waals surface area contributed by atoms with Gasteiger partial charge in [0, 0.05) is 0 Å². The number of nitrogens with one attached hydrogen (secondary N) is 1. The van der Waals surface area contributed by atoms with E-state index in [4.69, 9.17) is 10.5 Å². The molecule has 0 heterocycles. The molecule has 0 saturated heterocycles. The Bertz CT molecular complexity index is 474. The van der Waals surface area contributed by atoms with Crippen LogP contribution in [0.3, 0.4) is 0 Å². The van der Waals surface area contributed by atoms with E-state index in [0.717, 1.165) is 5.56 Å². The van der Waals surface area contributed by atoms with Gasteiger partial charge >= 0.3 is 5.97 Å². The summed E-state index contributed by atoms with van der Waals surface area (Å²) in [6.07, 6.45) is 0.910. The molecule has 1 aromatic rings. The summed E-state index contributed by atoms with van der Waals surface area (Å²) in [6, 6.07) is 7.01. The van der Waals surface area contributed by atoms with E-state index in [9.17, 15) is 4.79 Å². The van der Waals surface area contributed by atoms with Crippen LogP contribution in [0, 0.1) is 0 Å². The summed E-state index contributed by atoms with van der Waals surface area (Å²) < 4.78 is 9.96. The first-order chi connectivity index (χ1) is 9.02. The van der Waals surface area contributed by atoms with Gasteiger partial charge in [0.1, 0.15) is 5.75 Å². The van der Waals surface area contributed by atoms with Crippen LogP contribution in [-0.4, -0.2) is 30.5 Å². The van der Waals surface area contributed by atoms with E-state index in [2.05, 4.69) is 27.5 Å². The molecule has 0 amide bonds. The topological polar surface area (TPSA) is 85.9 Å². The van der Waals surface area contributed by atoms with Crippen molar-refractivity contribution in [3.8, 4) is 5.75 Å². The average molecular weight is 281 g/mol.